The number of nitrogens with one attached hydrogen (secondary N) is 2. The molecular weight excluding hydrogens is 428 g/mol. The van der Waals surface area contributed by atoms with Crippen molar-refractivity contribution >= 4 is 29.7 Å². The predicted octanol–water partition coefficient (Wildman–Crippen LogP) is 3.38. The Labute approximate surface area is 190 Å². The van der Waals surface area contributed by atoms with Gasteiger partial charge in [-0.05, 0) is 46.6 Å². The summed E-state index contributed by atoms with van der Waals surface area (Å²) >= 11 is 1.77. The van der Waals surface area contributed by atoms with Crippen molar-refractivity contribution in [3.05, 3.63) is 59.7 Å². The van der Waals surface area contributed by atoms with Gasteiger partial charge in [0.2, 0.25) is 5.91 Å². The zero-order valence-electron chi connectivity index (χ0n) is 17.6. The van der Waals surface area contributed by atoms with E-state index in [0.717, 1.165) is 33.8 Å². The highest BCUT2D eigenvalue weighted by Gasteiger charge is 2.37. The van der Waals surface area contributed by atoms with E-state index in [9.17, 15) is 14.4 Å². The smallest absolute Gasteiger partial charge is 0.407 e. The first-order valence-corrected chi connectivity index (χ1v) is 11.8. The lowest BCUT2D eigenvalue weighted by Crippen LogP contribution is -2.53. The molecule has 168 valence electrons. The second kappa shape index (κ2) is 9.65. The highest BCUT2D eigenvalue weighted by molar-refractivity contribution is 7.99. The van der Waals surface area contributed by atoms with Gasteiger partial charge in [0.25, 0.3) is 0 Å². The first-order valence-electron chi connectivity index (χ1n) is 10.7. The van der Waals surface area contributed by atoms with Crippen molar-refractivity contribution in [3.8, 4) is 11.1 Å². The molecule has 0 radical (unpaired) electrons. The molecule has 2 aromatic carbocycles. The predicted molar refractivity (Wildman–Crippen MR) is 123 cm³/mol. The Morgan fingerprint density at radius 1 is 1.00 bits per heavy atom. The topological polar surface area (TPSA) is 105 Å². The first kappa shape index (κ1) is 22.2. The van der Waals surface area contributed by atoms with E-state index in [4.69, 9.17) is 9.84 Å². The fourth-order valence-electron chi connectivity index (χ4n) is 4.50. The number of thioether (sulfide) groups is 1. The van der Waals surface area contributed by atoms with Crippen LogP contribution in [0.5, 0.6) is 0 Å². The van der Waals surface area contributed by atoms with Gasteiger partial charge in [-0.15, -0.1) is 0 Å². The Kier molecular flexibility index (Phi) is 6.69. The molecule has 0 saturated carbocycles. The Morgan fingerprint density at radius 2 is 1.59 bits per heavy atom. The first-order chi connectivity index (χ1) is 15.5. The maximum Gasteiger partial charge on any atom is 0.407 e. The molecule has 0 atom stereocenters. The van der Waals surface area contributed by atoms with Gasteiger partial charge in [-0.3, -0.25) is 9.59 Å². The molecule has 7 nitrogen and oxygen atoms in total. The van der Waals surface area contributed by atoms with E-state index >= 15 is 0 Å². The van der Waals surface area contributed by atoms with Crippen LogP contribution in [-0.2, 0) is 14.3 Å². The van der Waals surface area contributed by atoms with Crippen LogP contribution in [0.15, 0.2) is 48.5 Å². The van der Waals surface area contributed by atoms with Crippen molar-refractivity contribution < 1.29 is 24.2 Å². The largest absolute Gasteiger partial charge is 0.480 e. The highest BCUT2D eigenvalue weighted by Crippen LogP contribution is 2.44. The maximum absolute atomic E-state index is 12.8. The molecule has 1 heterocycles. The zero-order chi connectivity index (χ0) is 22.6. The second-order valence-corrected chi connectivity index (χ2v) is 9.42. The lowest BCUT2D eigenvalue weighted by atomic mass is 9.88. The summed E-state index contributed by atoms with van der Waals surface area (Å²) in [6.07, 6.45) is 0.736. The maximum atomic E-state index is 12.8. The minimum atomic E-state index is -1.10. The minimum absolute atomic E-state index is 0.0328. The summed E-state index contributed by atoms with van der Waals surface area (Å²) < 4.78 is 5.66. The molecule has 1 aliphatic carbocycles. The van der Waals surface area contributed by atoms with Crippen molar-refractivity contribution in [2.75, 3.05) is 24.7 Å². The summed E-state index contributed by atoms with van der Waals surface area (Å²) in [5, 5.41) is 14.1. The molecule has 2 aromatic rings. The van der Waals surface area contributed by atoms with Crippen LogP contribution in [0, 0.1) is 0 Å². The van der Waals surface area contributed by atoms with Crippen LogP contribution in [0.1, 0.15) is 36.3 Å². The van der Waals surface area contributed by atoms with Gasteiger partial charge in [0, 0.05) is 12.3 Å². The number of rotatable bonds is 7. The summed E-state index contributed by atoms with van der Waals surface area (Å²) in [4.78, 5) is 35.8. The van der Waals surface area contributed by atoms with Crippen LogP contribution in [0.3, 0.4) is 0 Å². The van der Waals surface area contributed by atoms with Gasteiger partial charge in [-0.25, -0.2) is 4.79 Å². The molecule has 0 spiro atoms. The lowest BCUT2D eigenvalue weighted by molar-refractivity contribution is -0.138. The monoisotopic (exact) mass is 454 g/mol. The molecule has 3 N–H and O–H groups in total. The summed E-state index contributed by atoms with van der Waals surface area (Å²) in [5.74, 6) is 0.102. The average Bonchev–Trinajstić information content (AvgIpc) is 3.10. The van der Waals surface area contributed by atoms with E-state index in [2.05, 4.69) is 34.9 Å². The number of carboxylic acid groups (broad SMARTS) is 1. The second-order valence-electron chi connectivity index (χ2n) is 8.19. The van der Waals surface area contributed by atoms with E-state index in [1.54, 1.807) is 11.8 Å². The third kappa shape index (κ3) is 4.91. The van der Waals surface area contributed by atoms with Crippen LogP contribution in [-0.4, -0.2) is 53.3 Å². The molecule has 1 fully saturated rings. The van der Waals surface area contributed by atoms with E-state index in [-0.39, 0.29) is 18.9 Å². The van der Waals surface area contributed by atoms with Crippen molar-refractivity contribution in [1.82, 2.24) is 10.6 Å². The van der Waals surface area contributed by atoms with Crippen molar-refractivity contribution in [1.29, 1.82) is 0 Å². The number of hydrogen-bond acceptors (Lipinski definition) is 5. The Hall–Kier alpha value is -3.00. The SMILES string of the molecule is O=C(O)CNC(=O)CC1(NC(=O)OCC2c3ccccc3-c3ccccc32)CCSCC1. The van der Waals surface area contributed by atoms with Gasteiger partial charge < -0.3 is 20.5 Å². The number of aliphatic carboxylic acids is 1. The molecule has 32 heavy (non-hydrogen) atoms. The fraction of sp³-hybridized carbons (Fsp3) is 0.375. The zero-order valence-corrected chi connectivity index (χ0v) is 18.5. The van der Waals surface area contributed by atoms with Crippen LogP contribution < -0.4 is 10.6 Å². The van der Waals surface area contributed by atoms with Crippen LogP contribution in [0.25, 0.3) is 11.1 Å². The van der Waals surface area contributed by atoms with Gasteiger partial charge in [-0.1, -0.05) is 48.5 Å². The number of carboxylic acids is 1. The number of benzene rings is 2. The van der Waals surface area contributed by atoms with Gasteiger partial charge in [0.1, 0.15) is 13.2 Å². The number of fused-ring (bicyclic) bond motifs is 3. The molecule has 0 aromatic heterocycles. The molecule has 8 heteroatoms. The number of carbonyl (C=O) groups excluding carboxylic acids is 2. The Morgan fingerprint density at radius 3 is 2.19 bits per heavy atom. The summed E-state index contributed by atoms with van der Waals surface area (Å²) in [5.41, 5.74) is 3.87. The molecule has 0 bridgehead atoms. The number of ether oxygens (including phenoxy) is 1. The lowest BCUT2D eigenvalue weighted by Gasteiger charge is -2.37. The van der Waals surface area contributed by atoms with E-state index in [1.165, 1.54) is 0 Å². The quantitative estimate of drug-likeness (QED) is 0.592. The molecular formula is C24H26N2O5S. The standard InChI is InChI=1S/C24H26N2O5S/c27-21(25-14-22(28)29)13-24(9-11-32-12-10-24)26-23(30)31-15-20-18-7-3-1-5-16(18)17-6-2-4-8-19(17)20/h1-8,20H,9-15H2,(H,25,27)(H,26,30)(H,28,29). The summed E-state index contributed by atoms with van der Waals surface area (Å²) in [6, 6.07) is 16.3. The van der Waals surface area contributed by atoms with Crippen molar-refractivity contribution in [2.24, 2.45) is 0 Å². The van der Waals surface area contributed by atoms with Gasteiger partial charge in [-0.2, -0.15) is 11.8 Å². The van der Waals surface area contributed by atoms with E-state index in [1.807, 2.05) is 24.3 Å². The van der Waals surface area contributed by atoms with Crippen LogP contribution >= 0.6 is 11.8 Å². The van der Waals surface area contributed by atoms with Gasteiger partial charge in [0.15, 0.2) is 0 Å². The van der Waals surface area contributed by atoms with E-state index in [0.29, 0.717) is 12.8 Å². The molecule has 4 rings (SSSR count). The van der Waals surface area contributed by atoms with E-state index < -0.39 is 30.1 Å². The summed E-state index contributed by atoms with van der Waals surface area (Å²) in [7, 11) is 0. The number of hydrogen-bond donors (Lipinski definition) is 3. The Bertz CT molecular complexity index is 973. The molecule has 1 aliphatic heterocycles. The van der Waals surface area contributed by atoms with Crippen LogP contribution in [0.4, 0.5) is 4.79 Å². The molecule has 2 aliphatic rings. The third-order valence-corrected chi connectivity index (χ3v) is 7.08. The van der Waals surface area contributed by atoms with Gasteiger partial charge >= 0.3 is 12.1 Å². The Balaban J connectivity index is 1.42. The fourth-order valence-corrected chi connectivity index (χ4v) is 5.78. The highest BCUT2D eigenvalue weighted by atomic mass is 32.2. The molecule has 1 saturated heterocycles. The van der Waals surface area contributed by atoms with Gasteiger partial charge in [0.05, 0.1) is 5.54 Å². The molecule has 2 amide bonds. The van der Waals surface area contributed by atoms with Crippen molar-refractivity contribution in [3.63, 3.8) is 0 Å². The third-order valence-electron chi connectivity index (χ3n) is 6.10. The van der Waals surface area contributed by atoms with Crippen LogP contribution in [0.2, 0.25) is 0 Å². The molecule has 0 unspecified atom stereocenters. The number of alkyl carbamates (subject to hydrolysis) is 1. The average molecular weight is 455 g/mol. The van der Waals surface area contributed by atoms with Crippen molar-refractivity contribution in [2.45, 2.75) is 30.7 Å². The number of carbonyl (C=O) groups is 3. The minimum Gasteiger partial charge on any atom is -0.480 e. The number of amides is 2. The normalized spacial score (nSPS) is 16.5. The summed E-state index contributed by atoms with van der Waals surface area (Å²) in [6.45, 7) is -0.232.